The fourth-order valence-corrected chi connectivity index (χ4v) is 2.90. The highest BCUT2D eigenvalue weighted by molar-refractivity contribution is 6.31. The Kier molecular flexibility index (Phi) is 5.80. The molecule has 0 saturated heterocycles. The summed E-state index contributed by atoms with van der Waals surface area (Å²) in [5, 5.41) is 7.03. The fourth-order valence-electron chi connectivity index (χ4n) is 2.72. The molecule has 0 aliphatic rings. The molecule has 2 aromatic carbocycles. The van der Waals surface area contributed by atoms with Gasteiger partial charge in [-0.15, -0.1) is 0 Å². The van der Waals surface area contributed by atoms with Crippen LogP contribution in [-0.4, -0.2) is 17.0 Å². The van der Waals surface area contributed by atoms with Crippen LogP contribution < -0.4 is 5.32 Å². The number of hydrogen-bond donors (Lipinski definition) is 1. The molecule has 0 spiro atoms. The van der Waals surface area contributed by atoms with Gasteiger partial charge in [0.25, 0.3) is 5.91 Å². The van der Waals surface area contributed by atoms with Crippen molar-refractivity contribution in [1.82, 2.24) is 5.16 Å². The van der Waals surface area contributed by atoms with Crippen molar-refractivity contribution in [3.8, 4) is 0 Å². The Bertz CT molecular complexity index is 995. The Morgan fingerprint density at radius 2 is 1.82 bits per heavy atom. The molecular weight excluding hydrogens is 380 g/mol. The van der Waals surface area contributed by atoms with Crippen LogP contribution in [0.2, 0.25) is 5.02 Å². The van der Waals surface area contributed by atoms with Crippen LogP contribution in [0.5, 0.6) is 0 Å². The van der Waals surface area contributed by atoms with E-state index in [1.807, 2.05) is 13.0 Å². The van der Waals surface area contributed by atoms with Crippen molar-refractivity contribution in [2.24, 2.45) is 0 Å². The van der Waals surface area contributed by atoms with Crippen LogP contribution in [0.3, 0.4) is 0 Å². The third-order valence-electron chi connectivity index (χ3n) is 4.24. The van der Waals surface area contributed by atoms with Gasteiger partial charge in [0.05, 0.1) is 5.69 Å². The lowest BCUT2D eigenvalue weighted by Gasteiger charge is -2.18. The lowest BCUT2D eigenvalue weighted by atomic mass is 10.1. The number of amides is 1. The van der Waals surface area contributed by atoms with Crippen LogP contribution in [0.25, 0.3) is 0 Å². The first-order valence-corrected chi connectivity index (χ1v) is 9.00. The minimum Gasteiger partial charge on any atom is -0.444 e. The maximum atomic E-state index is 12.9. The van der Waals surface area contributed by atoms with Gasteiger partial charge in [0.2, 0.25) is 6.10 Å². The first-order chi connectivity index (χ1) is 13.4. The van der Waals surface area contributed by atoms with Crippen molar-refractivity contribution in [2.75, 3.05) is 5.32 Å². The molecule has 6 nitrogen and oxygen atoms in total. The molecule has 1 atom stereocenters. The predicted molar refractivity (Wildman–Crippen MR) is 105 cm³/mol. The molecule has 0 fully saturated rings. The Labute approximate surface area is 167 Å². The number of esters is 1. The number of carbonyl (C=O) groups is 2. The number of nitrogens with zero attached hydrogens (tertiary/aromatic N) is 1. The molecule has 0 aliphatic carbocycles. The molecule has 1 aromatic heterocycles. The summed E-state index contributed by atoms with van der Waals surface area (Å²) in [6.45, 7) is 5.12. The van der Waals surface area contributed by atoms with Gasteiger partial charge in [0, 0.05) is 16.3 Å². The van der Waals surface area contributed by atoms with Gasteiger partial charge < -0.3 is 14.6 Å². The van der Waals surface area contributed by atoms with Crippen LogP contribution in [0.4, 0.5) is 5.69 Å². The average Bonchev–Trinajstić information content (AvgIpc) is 3.01. The summed E-state index contributed by atoms with van der Waals surface area (Å²) < 4.78 is 10.6. The largest absolute Gasteiger partial charge is 0.444 e. The summed E-state index contributed by atoms with van der Waals surface area (Å²) in [5.74, 6) is -0.839. The van der Waals surface area contributed by atoms with Crippen molar-refractivity contribution in [1.29, 1.82) is 0 Å². The summed E-state index contributed by atoms with van der Waals surface area (Å²) in [5.41, 5.74) is 2.56. The molecule has 0 radical (unpaired) electrons. The van der Waals surface area contributed by atoms with Crippen molar-refractivity contribution in [3.05, 3.63) is 81.7 Å². The smallest absolute Gasteiger partial charge is 0.344 e. The van der Waals surface area contributed by atoms with E-state index < -0.39 is 18.0 Å². The van der Waals surface area contributed by atoms with Crippen LogP contribution in [0.1, 0.15) is 39.0 Å². The van der Waals surface area contributed by atoms with Crippen LogP contribution in [0, 0.1) is 20.8 Å². The molecule has 0 saturated carbocycles. The first kappa shape index (κ1) is 19.6. The van der Waals surface area contributed by atoms with Crippen molar-refractivity contribution in [2.45, 2.75) is 26.9 Å². The highest BCUT2D eigenvalue weighted by Crippen LogP contribution is 2.25. The van der Waals surface area contributed by atoms with Gasteiger partial charge in [-0.05, 0) is 38.5 Å². The Morgan fingerprint density at radius 3 is 2.43 bits per heavy atom. The number of anilines is 1. The molecule has 144 valence electrons. The summed E-state index contributed by atoms with van der Waals surface area (Å²) in [6.07, 6.45) is -1.15. The standard InChI is InChI=1S/C21H19ClN2O4/c1-12-9-10-16(11-17(12)22)23-20(25)19(15-7-5-4-6-8-15)27-21(26)18-13(2)24-28-14(18)3/h4-11,19H,1-3H3,(H,23,25). The molecule has 0 bridgehead atoms. The van der Waals surface area contributed by atoms with E-state index in [0.717, 1.165) is 5.56 Å². The second-order valence-electron chi connectivity index (χ2n) is 6.35. The number of hydrogen-bond acceptors (Lipinski definition) is 5. The molecule has 3 rings (SSSR count). The zero-order valence-corrected chi connectivity index (χ0v) is 16.4. The monoisotopic (exact) mass is 398 g/mol. The Morgan fingerprint density at radius 1 is 1.11 bits per heavy atom. The molecule has 1 amide bonds. The van der Waals surface area contributed by atoms with Gasteiger partial charge in [-0.25, -0.2) is 4.79 Å². The molecule has 0 aliphatic heterocycles. The summed E-state index contributed by atoms with van der Waals surface area (Å²) >= 11 is 6.13. The van der Waals surface area contributed by atoms with Crippen LogP contribution >= 0.6 is 11.6 Å². The van der Waals surface area contributed by atoms with E-state index in [1.165, 1.54) is 0 Å². The van der Waals surface area contributed by atoms with Crippen molar-refractivity contribution < 1.29 is 18.8 Å². The van der Waals surface area contributed by atoms with E-state index in [1.54, 1.807) is 56.3 Å². The number of rotatable bonds is 5. The molecular formula is C21H19ClN2O4. The maximum Gasteiger partial charge on any atom is 0.344 e. The normalized spacial score (nSPS) is 11.7. The first-order valence-electron chi connectivity index (χ1n) is 8.62. The minimum atomic E-state index is -1.15. The third-order valence-corrected chi connectivity index (χ3v) is 4.65. The SMILES string of the molecule is Cc1ccc(NC(=O)C(OC(=O)c2c(C)noc2C)c2ccccc2)cc1Cl. The van der Waals surface area contributed by atoms with Gasteiger partial charge in [-0.1, -0.05) is 53.2 Å². The highest BCUT2D eigenvalue weighted by atomic mass is 35.5. The van der Waals surface area contributed by atoms with E-state index in [4.69, 9.17) is 20.9 Å². The lowest BCUT2D eigenvalue weighted by Crippen LogP contribution is -2.26. The van der Waals surface area contributed by atoms with Gasteiger partial charge in [0.15, 0.2) is 0 Å². The second kappa shape index (κ2) is 8.27. The molecule has 28 heavy (non-hydrogen) atoms. The summed E-state index contributed by atoms with van der Waals surface area (Å²) in [6, 6.07) is 14.0. The Balaban J connectivity index is 1.88. The second-order valence-corrected chi connectivity index (χ2v) is 6.76. The summed E-state index contributed by atoms with van der Waals surface area (Å²) in [7, 11) is 0. The zero-order chi connectivity index (χ0) is 20.3. The van der Waals surface area contributed by atoms with Gasteiger partial charge >= 0.3 is 5.97 Å². The number of aromatic nitrogens is 1. The topological polar surface area (TPSA) is 81.4 Å². The number of aryl methyl sites for hydroxylation is 3. The van der Waals surface area contributed by atoms with Gasteiger partial charge in [0.1, 0.15) is 11.3 Å². The number of ether oxygens (including phenoxy) is 1. The lowest BCUT2D eigenvalue weighted by molar-refractivity contribution is -0.125. The predicted octanol–water partition coefficient (Wildman–Crippen LogP) is 4.79. The van der Waals surface area contributed by atoms with Gasteiger partial charge in [-0.2, -0.15) is 0 Å². The summed E-state index contributed by atoms with van der Waals surface area (Å²) in [4.78, 5) is 25.6. The van der Waals surface area contributed by atoms with E-state index in [2.05, 4.69) is 10.5 Å². The third kappa shape index (κ3) is 4.23. The molecule has 1 unspecified atom stereocenters. The van der Waals surface area contributed by atoms with Crippen LogP contribution in [-0.2, 0) is 9.53 Å². The zero-order valence-electron chi connectivity index (χ0n) is 15.7. The minimum absolute atomic E-state index is 0.215. The molecule has 1 heterocycles. The Hall–Kier alpha value is -3.12. The molecule has 1 N–H and O–H groups in total. The fraction of sp³-hybridized carbons (Fsp3) is 0.190. The number of halogens is 1. The quantitative estimate of drug-likeness (QED) is 0.625. The number of carbonyl (C=O) groups excluding carboxylic acids is 2. The van der Waals surface area contributed by atoms with E-state index in [9.17, 15) is 9.59 Å². The molecule has 3 aromatic rings. The average molecular weight is 399 g/mol. The number of benzene rings is 2. The highest BCUT2D eigenvalue weighted by Gasteiger charge is 2.28. The maximum absolute atomic E-state index is 12.9. The van der Waals surface area contributed by atoms with E-state index in [0.29, 0.717) is 27.7 Å². The molecule has 7 heteroatoms. The number of nitrogens with one attached hydrogen (secondary N) is 1. The van der Waals surface area contributed by atoms with E-state index in [-0.39, 0.29) is 5.56 Å². The van der Waals surface area contributed by atoms with Gasteiger partial charge in [-0.3, -0.25) is 4.79 Å². The van der Waals surface area contributed by atoms with Crippen molar-refractivity contribution >= 4 is 29.2 Å². The van der Waals surface area contributed by atoms with Crippen molar-refractivity contribution in [3.63, 3.8) is 0 Å². The van der Waals surface area contributed by atoms with Crippen LogP contribution in [0.15, 0.2) is 53.1 Å². The van der Waals surface area contributed by atoms with E-state index >= 15 is 0 Å².